The molecule has 1 aromatic rings. The van der Waals surface area contributed by atoms with Gasteiger partial charge in [-0.05, 0) is 58.2 Å². The second-order valence-electron chi connectivity index (χ2n) is 9.70. The molecule has 1 N–H and O–H groups in total. The van der Waals surface area contributed by atoms with Crippen molar-refractivity contribution in [2.45, 2.75) is 72.3 Å². The highest BCUT2D eigenvalue weighted by Gasteiger charge is 2.60. The molecule has 1 fully saturated rings. The maximum Gasteiger partial charge on any atom is 0.413 e. The van der Waals surface area contributed by atoms with Gasteiger partial charge in [0.05, 0.1) is 12.1 Å². The fourth-order valence-electron chi connectivity index (χ4n) is 3.44. The number of hydrogen-bond donors (Lipinski definition) is 1. The lowest BCUT2D eigenvalue weighted by Gasteiger charge is -2.49. The van der Waals surface area contributed by atoms with Crippen LogP contribution in [0.2, 0.25) is 5.02 Å². The van der Waals surface area contributed by atoms with E-state index in [1.807, 2.05) is 58.9 Å². The Labute approximate surface area is 168 Å². The van der Waals surface area contributed by atoms with E-state index < -0.39 is 16.9 Å². The van der Waals surface area contributed by atoms with Crippen molar-refractivity contribution in [2.75, 3.05) is 18.5 Å². The van der Waals surface area contributed by atoms with Crippen LogP contribution >= 0.6 is 11.6 Å². The molecule has 27 heavy (non-hydrogen) atoms. The van der Waals surface area contributed by atoms with E-state index in [2.05, 4.69) is 26.1 Å². The highest BCUT2D eigenvalue weighted by atomic mass is 35.5. The second-order valence-corrected chi connectivity index (χ2v) is 10.1. The predicted octanol–water partition coefficient (Wildman–Crippen LogP) is 5.54. The molecule has 1 saturated heterocycles. The molecule has 2 rings (SSSR count). The molecule has 1 amide bonds. The number of nitrogens with one attached hydrogen (secondary N) is 1. The fraction of sp³-hybridized carbons (Fsp3) is 0.667. The number of carbonyl (C=O) groups is 1. The first-order valence-corrected chi connectivity index (χ1v) is 9.72. The Morgan fingerprint density at radius 2 is 1.89 bits per heavy atom. The van der Waals surface area contributed by atoms with E-state index >= 15 is 0 Å². The van der Waals surface area contributed by atoms with Crippen LogP contribution in [-0.2, 0) is 9.47 Å². The number of rotatable bonds is 3. The Balaban J connectivity index is 2.40. The molecule has 5 nitrogen and oxygen atoms in total. The Bertz CT molecular complexity index is 691. The average molecular weight is 397 g/mol. The van der Waals surface area contributed by atoms with Gasteiger partial charge in [-0.1, -0.05) is 38.4 Å². The average Bonchev–Trinajstić information content (AvgIpc) is 2.75. The summed E-state index contributed by atoms with van der Waals surface area (Å²) in [5.74, 6) is 0. The predicted molar refractivity (Wildman–Crippen MR) is 110 cm³/mol. The molecule has 0 aliphatic carbocycles. The van der Waals surface area contributed by atoms with Gasteiger partial charge >= 0.3 is 6.09 Å². The minimum atomic E-state index is -0.772. The molecule has 0 saturated carbocycles. The number of anilines is 1. The number of hydrogen-bond acceptors (Lipinski definition) is 4. The van der Waals surface area contributed by atoms with E-state index in [1.165, 1.54) is 0 Å². The number of benzene rings is 1. The Kier molecular flexibility index (Phi) is 5.80. The third-order valence-corrected chi connectivity index (χ3v) is 5.25. The number of halogens is 1. The zero-order chi connectivity index (χ0) is 20.7. The molecule has 0 bridgehead atoms. The lowest BCUT2D eigenvalue weighted by Crippen LogP contribution is -2.65. The van der Waals surface area contributed by atoms with E-state index in [0.717, 1.165) is 5.69 Å². The van der Waals surface area contributed by atoms with Crippen molar-refractivity contribution in [1.29, 1.82) is 0 Å². The van der Waals surface area contributed by atoms with Crippen LogP contribution in [0.3, 0.4) is 0 Å². The zero-order valence-electron chi connectivity index (χ0n) is 17.8. The number of ether oxygens (including phenoxy) is 2. The zero-order valence-corrected chi connectivity index (χ0v) is 18.5. The largest absolute Gasteiger partial charge is 0.444 e. The summed E-state index contributed by atoms with van der Waals surface area (Å²) < 4.78 is 11.8. The van der Waals surface area contributed by atoms with Crippen molar-refractivity contribution < 1.29 is 14.3 Å². The summed E-state index contributed by atoms with van der Waals surface area (Å²) in [6.07, 6.45) is -0.368. The van der Waals surface area contributed by atoms with Crippen LogP contribution in [0.25, 0.3) is 0 Å². The van der Waals surface area contributed by atoms with Gasteiger partial charge in [0.25, 0.3) is 0 Å². The lowest BCUT2D eigenvalue weighted by atomic mass is 9.72. The third-order valence-electron chi connectivity index (χ3n) is 5.01. The van der Waals surface area contributed by atoms with Crippen molar-refractivity contribution in [3.63, 3.8) is 0 Å². The highest BCUT2D eigenvalue weighted by molar-refractivity contribution is 6.30. The first kappa shape index (κ1) is 21.8. The molecule has 0 radical (unpaired) electrons. The SMILES string of the molecule is CC(C)(C)OC(=O)N1C(C)(C)OC[C@@]1(CNc1cccc(Cl)c1)C(C)(C)C. The van der Waals surface area contributed by atoms with Crippen molar-refractivity contribution in [3.8, 4) is 0 Å². The summed E-state index contributed by atoms with van der Waals surface area (Å²) in [4.78, 5) is 14.9. The molecule has 0 spiro atoms. The van der Waals surface area contributed by atoms with E-state index in [9.17, 15) is 4.79 Å². The minimum absolute atomic E-state index is 0.261. The quantitative estimate of drug-likeness (QED) is 0.728. The van der Waals surface area contributed by atoms with E-state index in [-0.39, 0.29) is 11.5 Å². The van der Waals surface area contributed by atoms with E-state index in [4.69, 9.17) is 21.1 Å². The Morgan fingerprint density at radius 1 is 1.26 bits per heavy atom. The van der Waals surface area contributed by atoms with E-state index in [0.29, 0.717) is 18.2 Å². The fourth-order valence-corrected chi connectivity index (χ4v) is 3.63. The summed E-state index contributed by atoms with van der Waals surface area (Å²) in [6, 6.07) is 7.56. The van der Waals surface area contributed by atoms with Crippen LogP contribution in [0.1, 0.15) is 55.4 Å². The number of carbonyl (C=O) groups excluding carboxylic acids is 1. The van der Waals surface area contributed by atoms with Crippen LogP contribution in [-0.4, -0.2) is 41.0 Å². The molecule has 1 aliphatic heterocycles. The number of amides is 1. The van der Waals surface area contributed by atoms with Crippen molar-refractivity contribution in [2.24, 2.45) is 5.41 Å². The molecular formula is C21H33ClN2O3. The van der Waals surface area contributed by atoms with Gasteiger partial charge in [-0.2, -0.15) is 0 Å². The summed E-state index contributed by atoms with van der Waals surface area (Å²) in [6.45, 7) is 16.7. The van der Waals surface area contributed by atoms with Crippen LogP contribution in [0.4, 0.5) is 10.5 Å². The van der Waals surface area contributed by atoms with Crippen LogP contribution < -0.4 is 5.32 Å². The van der Waals surface area contributed by atoms with Crippen LogP contribution in [0, 0.1) is 5.41 Å². The van der Waals surface area contributed by atoms with Gasteiger partial charge in [0.2, 0.25) is 0 Å². The van der Waals surface area contributed by atoms with Crippen molar-refractivity contribution in [3.05, 3.63) is 29.3 Å². The van der Waals surface area contributed by atoms with Crippen molar-refractivity contribution in [1.82, 2.24) is 4.90 Å². The highest BCUT2D eigenvalue weighted by Crippen LogP contribution is 2.46. The maximum absolute atomic E-state index is 13.2. The Morgan fingerprint density at radius 3 is 2.41 bits per heavy atom. The summed E-state index contributed by atoms with van der Waals surface area (Å²) >= 11 is 6.11. The summed E-state index contributed by atoms with van der Waals surface area (Å²) in [7, 11) is 0. The summed E-state index contributed by atoms with van der Waals surface area (Å²) in [5, 5.41) is 4.11. The number of nitrogens with zero attached hydrogens (tertiary/aromatic N) is 1. The van der Waals surface area contributed by atoms with Gasteiger partial charge in [0.1, 0.15) is 11.3 Å². The molecule has 152 valence electrons. The van der Waals surface area contributed by atoms with Gasteiger partial charge in [-0.25, -0.2) is 4.79 Å². The van der Waals surface area contributed by atoms with Gasteiger partial charge in [-0.3, -0.25) is 4.90 Å². The first-order chi connectivity index (χ1) is 12.2. The summed E-state index contributed by atoms with van der Waals surface area (Å²) in [5.41, 5.74) is -1.31. The standard InChI is InChI=1S/C21H33ClN2O3/c1-18(2,3)21(13-23-16-11-9-10-15(22)12-16)14-26-20(7,8)24(21)17(25)27-19(4,5)6/h9-12,23H,13-14H2,1-8H3/t21-/m0/s1. The maximum atomic E-state index is 13.2. The topological polar surface area (TPSA) is 50.8 Å². The Hall–Kier alpha value is -1.46. The van der Waals surface area contributed by atoms with Crippen molar-refractivity contribution >= 4 is 23.4 Å². The van der Waals surface area contributed by atoms with Gasteiger partial charge in [0, 0.05) is 17.3 Å². The molecule has 1 aromatic carbocycles. The van der Waals surface area contributed by atoms with Crippen LogP contribution in [0.5, 0.6) is 0 Å². The first-order valence-electron chi connectivity index (χ1n) is 9.35. The molecule has 0 unspecified atom stereocenters. The minimum Gasteiger partial charge on any atom is -0.444 e. The third kappa shape index (κ3) is 4.69. The molecule has 1 atom stereocenters. The molecule has 1 heterocycles. The van der Waals surface area contributed by atoms with Gasteiger partial charge in [0.15, 0.2) is 0 Å². The molecule has 6 heteroatoms. The normalized spacial score (nSPS) is 22.6. The second kappa shape index (κ2) is 7.17. The van der Waals surface area contributed by atoms with Gasteiger partial charge < -0.3 is 14.8 Å². The molecule has 1 aliphatic rings. The lowest BCUT2D eigenvalue weighted by molar-refractivity contribution is -0.0779. The molecule has 0 aromatic heterocycles. The van der Waals surface area contributed by atoms with Gasteiger partial charge in [-0.15, -0.1) is 0 Å². The smallest absolute Gasteiger partial charge is 0.413 e. The molecular weight excluding hydrogens is 364 g/mol. The van der Waals surface area contributed by atoms with Crippen LogP contribution in [0.15, 0.2) is 24.3 Å². The monoisotopic (exact) mass is 396 g/mol. The van der Waals surface area contributed by atoms with E-state index in [1.54, 1.807) is 4.90 Å².